The van der Waals surface area contributed by atoms with Crippen LogP contribution in [0, 0.1) is 0 Å². The Morgan fingerprint density at radius 1 is 0.912 bits per heavy atom. The van der Waals surface area contributed by atoms with Crippen LogP contribution in [0.3, 0.4) is 0 Å². The van der Waals surface area contributed by atoms with Gasteiger partial charge in [-0.05, 0) is 59.7 Å². The number of anilines is 2. The number of ketones is 1. The van der Waals surface area contributed by atoms with Gasteiger partial charge in [0.1, 0.15) is 11.2 Å². The normalized spacial score (nSPS) is 14.4. The molecule has 0 saturated carbocycles. The highest BCUT2D eigenvalue weighted by Gasteiger charge is 2.29. The molecule has 7 heteroatoms. The highest BCUT2D eigenvalue weighted by molar-refractivity contribution is 6.31. The molecule has 1 aliphatic rings. The summed E-state index contributed by atoms with van der Waals surface area (Å²) in [6.45, 7) is 0.588. The topological polar surface area (TPSA) is 63.1 Å². The van der Waals surface area contributed by atoms with E-state index in [1.54, 1.807) is 30.3 Å². The lowest BCUT2D eigenvalue weighted by molar-refractivity contribution is -0.115. The molecule has 2 N–H and O–H groups in total. The minimum atomic E-state index is -0.586. The van der Waals surface area contributed by atoms with Crippen LogP contribution in [0.4, 0.5) is 11.4 Å². The van der Waals surface area contributed by atoms with Crippen LogP contribution in [-0.4, -0.2) is 16.3 Å². The van der Waals surface area contributed by atoms with E-state index in [0.717, 1.165) is 22.5 Å². The molecular weight excluding hydrogens is 469 g/mol. The van der Waals surface area contributed by atoms with E-state index in [4.69, 9.17) is 23.2 Å². The molecule has 3 aromatic carbocycles. The first kappa shape index (κ1) is 22.3. The van der Waals surface area contributed by atoms with Gasteiger partial charge in [0.2, 0.25) is 5.91 Å². The van der Waals surface area contributed by atoms with Gasteiger partial charge < -0.3 is 15.2 Å². The van der Waals surface area contributed by atoms with Crippen molar-refractivity contribution in [3.63, 3.8) is 0 Å². The number of halogens is 2. The van der Waals surface area contributed by atoms with Crippen LogP contribution < -0.4 is 10.6 Å². The molecule has 1 atom stereocenters. The Bertz CT molecular complexity index is 1380. The quantitative estimate of drug-likeness (QED) is 0.320. The van der Waals surface area contributed by atoms with Gasteiger partial charge in [-0.1, -0.05) is 59.6 Å². The van der Waals surface area contributed by atoms with E-state index in [0.29, 0.717) is 28.0 Å². The monoisotopic (exact) mass is 489 g/mol. The third-order valence-electron chi connectivity index (χ3n) is 5.93. The molecule has 4 aromatic rings. The lowest BCUT2D eigenvalue weighted by Crippen LogP contribution is -2.22. The smallest absolute Gasteiger partial charge is 0.228 e. The maximum Gasteiger partial charge on any atom is 0.228 e. The van der Waals surface area contributed by atoms with Crippen molar-refractivity contribution in [2.24, 2.45) is 0 Å². The molecule has 5 nitrogen and oxygen atoms in total. The predicted molar refractivity (Wildman–Crippen MR) is 136 cm³/mol. The van der Waals surface area contributed by atoms with E-state index in [9.17, 15) is 9.59 Å². The Hall–Kier alpha value is -3.54. The molecule has 34 heavy (non-hydrogen) atoms. The van der Waals surface area contributed by atoms with E-state index in [2.05, 4.69) is 10.6 Å². The maximum absolute atomic E-state index is 13.5. The van der Waals surface area contributed by atoms with Crippen molar-refractivity contribution in [3.05, 3.63) is 117 Å². The number of carbonyl (C=O) groups excluding carboxylic acids is 2. The van der Waals surface area contributed by atoms with Crippen LogP contribution in [0.5, 0.6) is 0 Å². The fourth-order valence-electron chi connectivity index (χ4n) is 4.18. The fraction of sp³-hybridized carbons (Fsp3) is 0.111. The van der Waals surface area contributed by atoms with Gasteiger partial charge in [0.15, 0.2) is 5.78 Å². The number of rotatable bonds is 5. The second-order valence-electron chi connectivity index (χ2n) is 8.16. The predicted octanol–water partition coefficient (Wildman–Crippen LogP) is 6.37. The summed E-state index contributed by atoms with van der Waals surface area (Å²) in [7, 11) is 0. The van der Waals surface area contributed by atoms with E-state index in [-0.39, 0.29) is 18.1 Å². The third-order valence-corrected chi connectivity index (χ3v) is 6.63. The summed E-state index contributed by atoms with van der Waals surface area (Å²) >= 11 is 12.6. The molecule has 170 valence electrons. The Balaban J connectivity index is 1.35. The van der Waals surface area contributed by atoms with Crippen LogP contribution in [0.2, 0.25) is 10.2 Å². The van der Waals surface area contributed by atoms with E-state index < -0.39 is 6.04 Å². The largest absolute Gasteiger partial charge is 0.370 e. The number of fused-ring (bicyclic) bond motifs is 2. The molecule has 0 fully saturated rings. The van der Waals surface area contributed by atoms with E-state index in [1.165, 1.54) is 0 Å². The number of benzene rings is 3. The van der Waals surface area contributed by atoms with Crippen LogP contribution in [0.25, 0.3) is 0 Å². The number of carbonyl (C=O) groups is 2. The summed E-state index contributed by atoms with van der Waals surface area (Å²) in [6, 6.07) is 25.2. The molecule has 1 amide bonds. The zero-order valence-corrected chi connectivity index (χ0v) is 19.6. The lowest BCUT2D eigenvalue weighted by Gasteiger charge is -2.18. The number of Topliss-reactive ketones (excluding diaryl/α,β-unsaturated/α-hetero) is 1. The number of para-hydroxylation sites is 1. The Morgan fingerprint density at radius 3 is 2.44 bits per heavy atom. The van der Waals surface area contributed by atoms with Crippen LogP contribution in [-0.2, 0) is 17.8 Å². The lowest BCUT2D eigenvalue weighted by atomic mass is 10.0. The fourth-order valence-corrected chi connectivity index (χ4v) is 4.60. The van der Waals surface area contributed by atoms with E-state index >= 15 is 0 Å². The van der Waals surface area contributed by atoms with Crippen LogP contribution >= 0.6 is 23.2 Å². The standard InChI is InChI=1S/C27H21Cl2N3O2/c28-21-7-3-1-5-18(21)15-25(33)30-20-11-9-17(10-12-20)27(34)26-23-13-14-24(29)32(23)16-19-6-2-4-8-22(19)31-26/h1-14,26,31H,15-16H2,(H,30,33). The molecule has 1 aliphatic heterocycles. The zero-order chi connectivity index (χ0) is 23.7. The first-order valence-corrected chi connectivity index (χ1v) is 11.6. The summed E-state index contributed by atoms with van der Waals surface area (Å²) in [5.41, 5.74) is 4.68. The van der Waals surface area contributed by atoms with Gasteiger partial charge in [-0.2, -0.15) is 0 Å². The molecule has 0 saturated heterocycles. The van der Waals surface area contributed by atoms with Gasteiger partial charge in [-0.25, -0.2) is 0 Å². The maximum atomic E-state index is 13.5. The average molecular weight is 490 g/mol. The zero-order valence-electron chi connectivity index (χ0n) is 18.1. The van der Waals surface area contributed by atoms with Crippen molar-refractivity contribution in [2.45, 2.75) is 19.0 Å². The number of nitrogens with one attached hydrogen (secondary N) is 2. The number of nitrogens with zero attached hydrogens (tertiary/aromatic N) is 1. The van der Waals surface area contributed by atoms with Crippen molar-refractivity contribution in [1.82, 2.24) is 4.57 Å². The van der Waals surface area contributed by atoms with Gasteiger partial charge in [0.05, 0.1) is 13.0 Å². The molecule has 1 aromatic heterocycles. The third kappa shape index (κ3) is 4.45. The van der Waals surface area contributed by atoms with Crippen molar-refractivity contribution < 1.29 is 9.59 Å². The van der Waals surface area contributed by atoms with Crippen molar-refractivity contribution in [3.8, 4) is 0 Å². The molecule has 0 bridgehead atoms. The van der Waals surface area contributed by atoms with Crippen LogP contribution in [0.1, 0.15) is 33.2 Å². The molecule has 0 aliphatic carbocycles. The summed E-state index contributed by atoms with van der Waals surface area (Å²) < 4.78 is 1.95. The molecule has 0 spiro atoms. The second kappa shape index (κ2) is 9.37. The van der Waals surface area contributed by atoms with Gasteiger partial charge in [-0.15, -0.1) is 0 Å². The highest BCUT2D eigenvalue weighted by atomic mass is 35.5. The Morgan fingerprint density at radius 2 is 1.65 bits per heavy atom. The SMILES string of the molecule is O=C(Cc1ccccc1Cl)Nc1ccc(C(=O)C2Nc3ccccc3Cn3c(Cl)ccc32)cc1. The van der Waals surface area contributed by atoms with Gasteiger partial charge in [-0.3, -0.25) is 9.59 Å². The Kier molecular flexibility index (Phi) is 6.14. The van der Waals surface area contributed by atoms with Crippen molar-refractivity contribution in [2.75, 3.05) is 10.6 Å². The Labute approximate surface area is 207 Å². The molecule has 5 rings (SSSR count). The summed E-state index contributed by atoms with van der Waals surface area (Å²) in [6.07, 6.45) is 0.170. The summed E-state index contributed by atoms with van der Waals surface area (Å²) in [5, 5.41) is 7.40. The number of hydrogen-bond acceptors (Lipinski definition) is 3. The summed E-state index contributed by atoms with van der Waals surface area (Å²) in [5.74, 6) is -0.261. The first-order chi connectivity index (χ1) is 16.5. The average Bonchev–Trinajstić information content (AvgIpc) is 3.10. The van der Waals surface area contributed by atoms with E-state index in [1.807, 2.05) is 59.2 Å². The van der Waals surface area contributed by atoms with Crippen LogP contribution in [0.15, 0.2) is 84.9 Å². The minimum Gasteiger partial charge on any atom is -0.370 e. The van der Waals surface area contributed by atoms with Gasteiger partial charge in [0.25, 0.3) is 0 Å². The van der Waals surface area contributed by atoms with Gasteiger partial charge >= 0.3 is 0 Å². The molecule has 2 heterocycles. The van der Waals surface area contributed by atoms with Gasteiger partial charge in [0, 0.05) is 27.7 Å². The highest BCUT2D eigenvalue weighted by Crippen LogP contribution is 2.33. The molecule has 1 unspecified atom stereocenters. The molecule has 0 radical (unpaired) electrons. The first-order valence-electron chi connectivity index (χ1n) is 10.9. The summed E-state index contributed by atoms with van der Waals surface area (Å²) in [4.78, 5) is 26.0. The number of hydrogen-bond donors (Lipinski definition) is 2. The van der Waals surface area contributed by atoms with Crippen molar-refractivity contribution in [1.29, 1.82) is 0 Å². The minimum absolute atomic E-state index is 0.0818. The second-order valence-corrected chi connectivity index (χ2v) is 8.95. The number of amides is 1. The van der Waals surface area contributed by atoms with Crippen molar-refractivity contribution >= 4 is 46.3 Å². The molecular formula is C27H21Cl2N3O2. The number of aromatic nitrogens is 1.